The summed E-state index contributed by atoms with van der Waals surface area (Å²) in [5.74, 6) is -0.456. The van der Waals surface area contributed by atoms with Crippen LogP contribution in [-0.4, -0.2) is 83.4 Å². The maximum atomic E-state index is 14.1. The van der Waals surface area contributed by atoms with Crippen LogP contribution in [0.4, 0.5) is 0 Å². The van der Waals surface area contributed by atoms with Crippen molar-refractivity contribution in [1.29, 1.82) is 0 Å². The molecule has 2 N–H and O–H groups in total. The minimum absolute atomic E-state index is 0.0620. The summed E-state index contributed by atoms with van der Waals surface area (Å²) < 4.78 is 14.5. The lowest BCUT2D eigenvalue weighted by Crippen LogP contribution is -2.66. The predicted octanol–water partition coefficient (Wildman–Crippen LogP) is 5.91. The standard InChI is InChI=1S/C40H52N6O5S/c1-8-28(35(41-9-2)25(4)50-7)36-30-20-39(5,6)23-51-24-40(22-47)16-11-17-46(44-40)38(49)31(43-37(48)26-12-13-26)19-34-42-32(21-52-34)27-14-15-33(29(30)18-27)45(36)10-3/h8-9,14-15,18,21-22,25-26,31,44H,1,10-13,16-17,19-20,23-24H2,2-7H3,(H,43,48)/b35-28+,41-9?/t25-,31-,40-/m0/s1. The highest BCUT2D eigenvalue weighted by atomic mass is 32.1. The van der Waals surface area contributed by atoms with Gasteiger partial charge in [-0.15, -0.1) is 11.3 Å². The van der Waals surface area contributed by atoms with Crippen molar-refractivity contribution in [2.75, 3.05) is 26.9 Å². The first-order valence-electron chi connectivity index (χ1n) is 18.4. The first kappa shape index (κ1) is 37.8. The number of hydrogen-bond acceptors (Lipinski definition) is 9. The molecule has 12 heteroatoms. The number of aromatic nitrogens is 2. The number of aliphatic imine (C=N–C) groups is 1. The van der Waals surface area contributed by atoms with Crippen LogP contribution in [0.25, 0.3) is 27.7 Å². The lowest BCUT2D eigenvalue weighted by atomic mass is 9.84. The first-order chi connectivity index (χ1) is 25.0. The van der Waals surface area contributed by atoms with Crippen LogP contribution in [0.3, 0.4) is 0 Å². The quantitative estimate of drug-likeness (QED) is 0.160. The Morgan fingerprint density at radius 1 is 1.31 bits per heavy atom. The molecule has 2 amide bonds. The number of allylic oxidation sites excluding steroid dienone is 2. The zero-order valence-corrected chi connectivity index (χ0v) is 32.1. The van der Waals surface area contributed by atoms with Crippen LogP contribution in [0.2, 0.25) is 0 Å². The summed E-state index contributed by atoms with van der Waals surface area (Å²) in [6, 6.07) is 5.64. The van der Waals surface area contributed by atoms with Crippen molar-refractivity contribution in [3.63, 3.8) is 0 Å². The maximum Gasteiger partial charge on any atom is 0.259 e. The molecule has 0 radical (unpaired) electrons. The largest absolute Gasteiger partial charge is 0.378 e. The van der Waals surface area contributed by atoms with E-state index >= 15 is 0 Å². The number of benzene rings is 1. The Bertz CT molecular complexity index is 1900. The molecule has 2 fully saturated rings. The second-order valence-electron chi connectivity index (χ2n) is 15.1. The van der Waals surface area contributed by atoms with Gasteiger partial charge in [-0.05, 0) is 76.0 Å². The Balaban J connectivity index is 1.52. The monoisotopic (exact) mass is 728 g/mol. The first-order valence-corrected chi connectivity index (χ1v) is 19.3. The number of rotatable bonds is 9. The molecule has 2 aliphatic heterocycles. The number of ether oxygens (including phenoxy) is 2. The van der Waals surface area contributed by atoms with Gasteiger partial charge in [-0.3, -0.25) is 19.6 Å². The summed E-state index contributed by atoms with van der Waals surface area (Å²) in [5.41, 5.74) is 8.53. The molecule has 0 unspecified atom stereocenters. The number of carbonyl (C=O) groups excluding carboxylic acids is 3. The van der Waals surface area contributed by atoms with Gasteiger partial charge in [0.1, 0.15) is 17.9 Å². The zero-order valence-electron chi connectivity index (χ0n) is 31.3. The molecule has 6 bridgehead atoms. The minimum atomic E-state index is -1.07. The van der Waals surface area contributed by atoms with Gasteiger partial charge in [-0.1, -0.05) is 32.6 Å². The molecule has 2 aromatic heterocycles. The highest BCUT2D eigenvalue weighted by Crippen LogP contribution is 2.40. The Hall–Kier alpha value is -3.97. The molecular weight excluding hydrogens is 677 g/mol. The fraction of sp³-hybridized carbons (Fsp3) is 0.525. The zero-order chi connectivity index (χ0) is 37.2. The number of hydrazine groups is 1. The maximum absolute atomic E-state index is 14.1. The summed E-state index contributed by atoms with van der Waals surface area (Å²) in [6.45, 7) is 16.3. The summed E-state index contributed by atoms with van der Waals surface area (Å²) in [6.07, 6.45) is 7.97. The third-order valence-electron chi connectivity index (χ3n) is 10.4. The Labute approximate surface area is 310 Å². The summed E-state index contributed by atoms with van der Waals surface area (Å²) in [7, 11) is 1.69. The molecule has 52 heavy (non-hydrogen) atoms. The Morgan fingerprint density at radius 3 is 2.77 bits per heavy atom. The molecule has 6 rings (SSSR count). The number of methoxy groups -OCH3 is 1. The SMILES string of the molecule is C=C/C(=C(\N=CC)[C@H](C)OC)c1c2c3cc(ccc3n1CC)-c1csc(n1)C[C@H](NC(=O)C1CC1)C(=O)N1CCC[C@](C=O)(COCC(C)(C)C2)N1. The molecule has 4 heterocycles. The van der Waals surface area contributed by atoms with Crippen LogP contribution in [0.5, 0.6) is 0 Å². The topological polar surface area (TPSA) is 127 Å². The average Bonchev–Trinajstić information content (AvgIpc) is 3.83. The number of amides is 2. The van der Waals surface area contributed by atoms with Crippen molar-refractivity contribution in [1.82, 2.24) is 25.3 Å². The summed E-state index contributed by atoms with van der Waals surface area (Å²) in [4.78, 5) is 49.6. The van der Waals surface area contributed by atoms with Crippen LogP contribution < -0.4 is 10.7 Å². The third kappa shape index (κ3) is 7.71. The summed E-state index contributed by atoms with van der Waals surface area (Å²) >= 11 is 1.48. The van der Waals surface area contributed by atoms with Crippen molar-refractivity contribution in [2.45, 2.75) is 97.4 Å². The van der Waals surface area contributed by atoms with Gasteiger partial charge in [-0.25, -0.2) is 10.4 Å². The molecule has 3 aromatic rings. The number of hydrogen-bond donors (Lipinski definition) is 2. The molecule has 1 aromatic carbocycles. The summed E-state index contributed by atoms with van der Waals surface area (Å²) in [5, 5.41) is 8.38. The van der Waals surface area contributed by atoms with E-state index in [1.807, 2.05) is 25.3 Å². The lowest BCUT2D eigenvalue weighted by molar-refractivity contribution is -0.147. The van der Waals surface area contributed by atoms with Gasteiger partial charge in [0.15, 0.2) is 0 Å². The molecule has 3 aliphatic rings. The average molecular weight is 729 g/mol. The van der Waals surface area contributed by atoms with Crippen molar-refractivity contribution in [3.8, 4) is 11.3 Å². The van der Waals surface area contributed by atoms with Gasteiger partial charge in [0.2, 0.25) is 5.91 Å². The lowest BCUT2D eigenvalue weighted by Gasteiger charge is -2.41. The van der Waals surface area contributed by atoms with E-state index in [2.05, 4.69) is 60.9 Å². The van der Waals surface area contributed by atoms with Gasteiger partial charge in [0, 0.05) is 66.2 Å². The fourth-order valence-electron chi connectivity index (χ4n) is 7.46. The smallest absolute Gasteiger partial charge is 0.259 e. The van der Waals surface area contributed by atoms with E-state index in [-0.39, 0.29) is 42.3 Å². The predicted molar refractivity (Wildman–Crippen MR) is 206 cm³/mol. The van der Waals surface area contributed by atoms with E-state index < -0.39 is 11.6 Å². The Morgan fingerprint density at radius 2 is 2.10 bits per heavy atom. The van der Waals surface area contributed by atoms with Gasteiger partial charge in [0.05, 0.1) is 41.4 Å². The molecule has 1 aliphatic carbocycles. The van der Waals surface area contributed by atoms with E-state index in [1.54, 1.807) is 13.3 Å². The van der Waals surface area contributed by atoms with Crippen LogP contribution in [-0.2, 0) is 43.2 Å². The third-order valence-corrected chi connectivity index (χ3v) is 11.2. The Kier molecular flexibility index (Phi) is 11.3. The van der Waals surface area contributed by atoms with Gasteiger partial charge >= 0.3 is 0 Å². The van der Waals surface area contributed by atoms with E-state index in [9.17, 15) is 14.4 Å². The van der Waals surface area contributed by atoms with Gasteiger partial charge in [0.25, 0.3) is 5.91 Å². The van der Waals surface area contributed by atoms with E-state index in [4.69, 9.17) is 19.5 Å². The van der Waals surface area contributed by atoms with Crippen molar-refractivity contribution in [2.24, 2.45) is 16.3 Å². The van der Waals surface area contributed by atoms with E-state index in [0.29, 0.717) is 32.4 Å². The van der Waals surface area contributed by atoms with Crippen LogP contribution >= 0.6 is 11.3 Å². The van der Waals surface area contributed by atoms with Crippen LogP contribution in [0, 0.1) is 11.3 Å². The normalized spacial score (nSPS) is 23.6. The highest BCUT2D eigenvalue weighted by molar-refractivity contribution is 7.10. The second-order valence-corrected chi connectivity index (χ2v) is 16.0. The molecule has 3 atom stereocenters. The van der Waals surface area contributed by atoms with E-state index in [0.717, 1.165) is 75.4 Å². The number of aldehydes is 1. The number of fused-ring (bicyclic) bond motifs is 6. The fourth-order valence-corrected chi connectivity index (χ4v) is 8.31. The number of thiazole rings is 1. The number of nitrogens with zero attached hydrogens (tertiary/aromatic N) is 4. The van der Waals surface area contributed by atoms with Gasteiger partial charge in [-0.2, -0.15) is 0 Å². The van der Waals surface area contributed by atoms with Gasteiger partial charge < -0.3 is 24.2 Å². The molecule has 1 saturated heterocycles. The van der Waals surface area contributed by atoms with Crippen LogP contribution in [0.15, 0.2) is 46.9 Å². The molecule has 11 nitrogen and oxygen atoms in total. The number of aryl methyl sites for hydroxylation is 1. The number of nitrogens with one attached hydrogen (secondary N) is 2. The molecule has 0 spiro atoms. The van der Waals surface area contributed by atoms with Crippen LogP contribution in [0.1, 0.15) is 76.6 Å². The van der Waals surface area contributed by atoms with Crippen molar-refractivity contribution >= 4 is 52.1 Å². The number of carbonyl (C=O) groups is 3. The molecule has 278 valence electrons. The molecular formula is C40H52N6O5S. The van der Waals surface area contributed by atoms with E-state index in [1.165, 1.54) is 16.3 Å². The highest BCUT2D eigenvalue weighted by Gasteiger charge is 2.41. The molecule has 1 saturated carbocycles. The van der Waals surface area contributed by atoms with Crippen molar-refractivity contribution in [3.05, 3.63) is 58.2 Å². The minimum Gasteiger partial charge on any atom is -0.378 e. The van der Waals surface area contributed by atoms with Crippen molar-refractivity contribution < 1.29 is 23.9 Å². The second kappa shape index (κ2) is 15.6.